The molecule has 1 N–H and O–H groups in total. The number of hydrogen-bond acceptors (Lipinski definition) is 4. The van der Waals surface area contributed by atoms with Crippen LogP contribution in [-0.4, -0.2) is 22.4 Å². The van der Waals surface area contributed by atoms with Gasteiger partial charge in [0.15, 0.2) is 4.96 Å². The first kappa shape index (κ1) is 14.2. The van der Waals surface area contributed by atoms with E-state index in [2.05, 4.69) is 10.3 Å². The number of halogens is 1. The molecule has 1 aliphatic rings. The predicted molar refractivity (Wildman–Crippen MR) is 84.3 cm³/mol. The van der Waals surface area contributed by atoms with Crippen LogP contribution in [0.25, 0.3) is 4.96 Å². The molecule has 4 rings (SSSR count). The van der Waals surface area contributed by atoms with Crippen LogP contribution in [0.15, 0.2) is 29.8 Å². The maximum atomic E-state index is 13.8. The molecule has 1 aromatic carbocycles. The van der Waals surface area contributed by atoms with Crippen LogP contribution in [0.1, 0.15) is 29.3 Å². The van der Waals surface area contributed by atoms with Gasteiger partial charge in [0.25, 0.3) is 0 Å². The molecule has 1 unspecified atom stereocenters. The minimum absolute atomic E-state index is 0.0803. The van der Waals surface area contributed by atoms with Crippen LogP contribution in [0.5, 0.6) is 5.75 Å². The zero-order valence-corrected chi connectivity index (χ0v) is 13.2. The number of aromatic nitrogens is 2. The summed E-state index contributed by atoms with van der Waals surface area (Å²) >= 11 is 1.53. The summed E-state index contributed by atoms with van der Waals surface area (Å²) in [7, 11) is 1.55. The summed E-state index contributed by atoms with van der Waals surface area (Å²) in [6.45, 7) is 0.386. The Morgan fingerprint density at radius 2 is 2.35 bits per heavy atom. The fourth-order valence-corrected chi connectivity index (χ4v) is 3.86. The van der Waals surface area contributed by atoms with Crippen molar-refractivity contribution in [1.29, 1.82) is 0 Å². The van der Waals surface area contributed by atoms with Gasteiger partial charge in [-0.3, -0.25) is 9.20 Å². The number of amides is 1. The Morgan fingerprint density at radius 1 is 1.48 bits per heavy atom. The number of ether oxygens (including phenoxy) is 1. The molecule has 1 atom stereocenters. The highest BCUT2D eigenvalue weighted by atomic mass is 32.1. The Labute approximate surface area is 135 Å². The molecule has 2 aromatic heterocycles. The molecule has 0 spiro atoms. The molecule has 5 nitrogen and oxygen atoms in total. The molecule has 23 heavy (non-hydrogen) atoms. The predicted octanol–water partition coefficient (Wildman–Crippen LogP) is 2.70. The van der Waals surface area contributed by atoms with E-state index in [1.54, 1.807) is 13.2 Å². The normalized spacial score (nSPS) is 17.7. The summed E-state index contributed by atoms with van der Waals surface area (Å²) in [5.74, 6) is -0.161. The Hall–Kier alpha value is -2.41. The number of carbonyl (C=O) groups excluding carboxylic acids is 1. The zero-order chi connectivity index (χ0) is 16.0. The number of nitrogens with one attached hydrogen (secondary N) is 1. The first-order valence-corrected chi connectivity index (χ1v) is 8.10. The largest absolute Gasteiger partial charge is 0.496 e. The average molecular weight is 331 g/mol. The fourth-order valence-electron chi connectivity index (χ4n) is 3.12. The number of carbonyl (C=O) groups is 1. The van der Waals surface area contributed by atoms with Gasteiger partial charge in [-0.1, -0.05) is 0 Å². The topological polar surface area (TPSA) is 55.6 Å². The third kappa shape index (κ3) is 2.28. The first-order chi connectivity index (χ1) is 11.2. The van der Waals surface area contributed by atoms with E-state index in [1.165, 1.54) is 23.5 Å². The summed E-state index contributed by atoms with van der Waals surface area (Å²) < 4.78 is 21.2. The van der Waals surface area contributed by atoms with E-state index in [9.17, 15) is 9.18 Å². The Bertz CT molecular complexity index is 902. The SMILES string of the molecule is COc1ccc(F)cc1C1CC(=O)NCc2nc3sccn3c21. The number of benzene rings is 1. The number of nitrogens with zero attached hydrogens (tertiary/aromatic N) is 2. The molecule has 3 aromatic rings. The molecule has 3 heterocycles. The van der Waals surface area contributed by atoms with E-state index in [0.29, 0.717) is 17.9 Å². The summed E-state index contributed by atoms with van der Waals surface area (Å²) in [6, 6.07) is 4.40. The van der Waals surface area contributed by atoms with E-state index in [1.807, 2.05) is 16.0 Å². The van der Waals surface area contributed by atoms with E-state index in [4.69, 9.17) is 4.74 Å². The maximum absolute atomic E-state index is 13.8. The van der Waals surface area contributed by atoms with Crippen LogP contribution in [0.4, 0.5) is 4.39 Å². The molecule has 0 saturated carbocycles. The van der Waals surface area contributed by atoms with E-state index < -0.39 is 0 Å². The summed E-state index contributed by atoms with van der Waals surface area (Å²) in [6.07, 6.45) is 2.16. The van der Waals surface area contributed by atoms with E-state index in [0.717, 1.165) is 16.3 Å². The van der Waals surface area contributed by atoms with Crippen LogP contribution in [0, 0.1) is 5.82 Å². The van der Waals surface area contributed by atoms with Crippen molar-refractivity contribution in [3.8, 4) is 5.75 Å². The van der Waals surface area contributed by atoms with Crippen molar-refractivity contribution >= 4 is 22.2 Å². The molecule has 7 heteroatoms. The molecule has 118 valence electrons. The summed E-state index contributed by atoms with van der Waals surface area (Å²) in [4.78, 5) is 17.6. The Kier molecular flexibility index (Phi) is 3.30. The average Bonchev–Trinajstić information content (AvgIpc) is 3.07. The van der Waals surface area contributed by atoms with Gasteiger partial charge in [0, 0.05) is 29.5 Å². The van der Waals surface area contributed by atoms with Crippen LogP contribution < -0.4 is 10.1 Å². The van der Waals surface area contributed by atoms with Gasteiger partial charge in [-0.2, -0.15) is 0 Å². The lowest BCUT2D eigenvalue weighted by Gasteiger charge is -2.18. The maximum Gasteiger partial charge on any atom is 0.221 e. The lowest BCUT2D eigenvalue weighted by molar-refractivity contribution is -0.121. The molecule has 0 aliphatic carbocycles. The highest BCUT2D eigenvalue weighted by molar-refractivity contribution is 7.15. The number of methoxy groups -OCH3 is 1. The van der Waals surface area contributed by atoms with Crippen LogP contribution in [0.3, 0.4) is 0 Å². The summed E-state index contributed by atoms with van der Waals surface area (Å²) in [5, 5.41) is 4.81. The third-order valence-electron chi connectivity index (χ3n) is 4.12. The van der Waals surface area contributed by atoms with Gasteiger partial charge < -0.3 is 10.1 Å². The van der Waals surface area contributed by atoms with Gasteiger partial charge in [0.05, 0.1) is 25.0 Å². The first-order valence-electron chi connectivity index (χ1n) is 7.22. The lowest BCUT2D eigenvalue weighted by Crippen LogP contribution is -2.21. The van der Waals surface area contributed by atoms with Crippen molar-refractivity contribution < 1.29 is 13.9 Å². The van der Waals surface area contributed by atoms with Gasteiger partial charge in [0.1, 0.15) is 11.6 Å². The monoisotopic (exact) mass is 331 g/mol. The number of rotatable bonds is 2. The highest BCUT2D eigenvalue weighted by Gasteiger charge is 2.31. The van der Waals surface area contributed by atoms with Gasteiger partial charge in [0.2, 0.25) is 5.91 Å². The molecule has 0 bridgehead atoms. The van der Waals surface area contributed by atoms with Gasteiger partial charge in [-0.25, -0.2) is 9.37 Å². The smallest absolute Gasteiger partial charge is 0.221 e. The van der Waals surface area contributed by atoms with Crippen molar-refractivity contribution in [2.24, 2.45) is 0 Å². The van der Waals surface area contributed by atoms with E-state index in [-0.39, 0.29) is 24.1 Å². The molecular formula is C16H14FN3O2S. The van der Waals surface area contributed by atoms with Gasteiger partial charge >= 0.3 is 0 Å². The molecule has 1 aliphatic heterocycles. The molecular weight excluding hydrogens is 317 g/mol. The van der Waals surface area contributed by atoms with Crippen LogP contribution in [0.2, 0.25) is 0 Å². The zero-order valence-electron chi connectivity index (χ0n) is 12.4. The number of fused-ring (bicyclic) bond motifs is 3. The second-order valence-corrected chi connectivity index (χ2v) is 6.29. The Morgan fingerprint density at radius 3 is 3.17 bits per heavy atom. The van der Waals surface area contributed by atoms with Gasteiger partial charge in [-0.15, -0.1) is 11.3 Å². The number of hydrogen-bond donors (Lipinski definition) is 1. The van der Waals surface area contributed by atoms with E-state index >= 15 is 0 Å². The van der Waals surface area contributed by atoms with Crippen LogP contribution in [-0.2, 0) is 11.3 Å². The number of imidazole rings is 1. The minimum atomic E-state index is -0.349. The van der Waals surface area contributed by atoms with Crippen molar-refractivity contribution in [2.45, 2.75) is 18.9 Å². The minimum Gasteiger partial charge on any atom is -0.496 e. The van der Waals surface area contributed by atoms with Crippen molar-refractivity contribution in [1.82, 2.24) is 14.7 Å². The molecule has 1 amide bonds. The Balaban J connectivity index is 1.96. The quantitative estimate of drug-likeness (QED) is 0.785. The molecule has 0 fully saturated rings. The second-order valence-electron chi connectivity index (χ2n) is 5.42. The van der Waals surface area contributed by atoms with Crippen molar-refractivity contribution in [3.05, 3.63) is 52.5 Å². The number of thiazole rings is 1. The third-order valence-corrected chi connectivity index (χ3v) is 4.87. The van der Waals surface area contributed by atoms with Crippen molar-refractivity contribution in [2.75, 3.05) is 7.11 Å². The standard InChI is InChI=1S/C16H14FN3O2S/c1-22-13-3-2-9(17)6-10(13)11-7-14(21)18-8-12-15(11)20-4-5-23-16(20)19-12/h2-6,11H,7-8H2,1H3,(H,18,21). The van der Waals surface area contributed by atoms with Gasteiger partial charge in [-0.05, 0) is 18.2 Å². The molecule has 0 radical (unpaired) electrons. The summed E-state index contributed by atoms with van der Waals surface area (Å²) in [5.41, 5.74) is 2.40. The second kappa shape index (κ2) is 5.34. The fraction of sp³-hybridized carbons (Fsp3) is 0.250. The van der Waals surface area contributed by atoms with Crippen molar-refractivity contribution in [3.63, 3.8) is 0 Å². The highest BCUT2D eigenvalue weighted by Crippen LogP contribution is 2.38. The lowest BCUT2D eigenvalue weighted by atomic mass is 9.90. The van der Waals surface area contributed by atoms with Crippen LogP contribution >= 0.6 is 11.3 Å². The molecule has 0 saturated heterocycles.